The number of hydrogen-bond donors (Lipinski definition) is 0. The Kier molecular flexibility index (Phi) is 4.82. The molecule has 2 aliphatic heterocycles. The zero-order valence-corrected chi connectivity index (χ0v) is 19.1. The molecule has 0 N–H and O–H groups in total. The molecule has 3 aliphatic rings. The number of hydrogen-bond acceptors (Lipinski definition) is 6. The van der Waals surface area contributed by atoms with Gasteiger partial charge in [0.15, 0.2) is 10.8 Å². The molecule has 0 amide bonds. The van der Waals surface area contributed by atoms with E-state index in [-0.39, 0.29) is 10.6 Å². The van der Waals surface area contributed by atoms with E-state index in [1.165, 1.54) is 12.1 Å². The van der Waals surface area contributed by atoms with Crippen molar-refractivity contribution in [1.29, 1.82) is 0 Å². The van der Waals surface area contributed by atoms with E-state index in [0.717, 1.165) is 48.5 Å². The molecule has 1 saturated carbocycles. The number of nitrogens with zero attached hydrogens (tertiary/aromatic N) is 6. The van der Waals surface area contributed by atoms with E-state index in [1.54, 1.807) is 12.1 Å². The van der Waals surface area contributed by atoms with E-state index >= 15 is 0 Å². The number of non-ortho nitro benzene ring substituents is 1. The largest absolute Gasteiger partial charge is 0.289 e. The molecule has 2 heterocycles. The molecule has 3 aromatic carbocycles. The van der Waals surface area contributed by atoms with Crippen LogP contribution in [-0.4, -0.2) is 26.5 Å². The zero-order valence-electron chi connectivity index (χ0n) is 18.3. The number of hydrazine groups is 2. The number of thiocarbonyl (C=S) groups is 1. The van der Waals surface area contributed by atoms with Crippen molar-refractivity contribution in [3.8, 4) is 0 Å². The maximum Gasteiger partial charge on any atom is 0.269 e. The number of anilines is 3. The van der Waals surface area contributed by atoms with E-state index in [1.807, 2.05) is 70.8 Å². The molecule has 170 valence electrons. The molecule has 0 bridgehead atoms. The van der Waals surface area contributed by atoms with Crippen LogP contribution in [0.15, 0.2) is 90.0 Å². The maximum absolute atomic E-state index is 11.3. The monoisotopic (exact) mass is 470 g/mol. The number of nitro groups is 1. The van der Waals surface area contributed by atoms with Gasteiger partial charge in [-0.05, 0) is 74.3 Å². The van der Waals surface area contributed by atoms with Gasteiger partial charge in [-0.2, -0.15) is 10.2 Å². The predicted molar refractivity (Wildman–Crippen MR) is 136 cm³/mol. The first-order chi connectivity index (χ1) is 16.6. The lowest BCUT2D eigenvalue weighted by Gasteiger charge is -2.42. The van der Waals surface area contributed by atoms with Crippen LogP contribution in [0.1, 0.15) is 25.7 Å². The number of para-hydroxylation sites is 2. The first-order valence-electron chi connectivity index (χ1n) is 11.3. The van der Waals surface area contributed by atoms with Gasteiger partial charge in [0.1, 0.15) is 0 Å². The lowest BCUT2D eigenvalue weighted by molar-refractivity contribution is -0.384. The Morgan fingerprint density at radius 2 is 1.50 bits per heavy atom. The minimum atomic E-state index is -0.614. The highest BCUT2D eigenvalue weighted by molar-refractivity contribution is 7.80. The van der Waals surface area contributed by atoms with Crippen molar-refractivity contribution in [2.24, 2.45) is 5.10 Å². The Morgan fingerprint density at radius 3 is 2.15 bits per heavy atom. The van der Waals surface area contributed by atoms with Gasteiger partial charge in [0, 0.05) is 17.8 Å². The van der Waals surface area contributed by atoms with Crippen molar-refractivity contribution in [3.05, 3.63) is 95.0 Å². The summed E-state index contributed by atoms with van der Waals surface area (Å²) in [6.45, 7) is 0. The third kappa shape index (κ3) is 2.94. The van der Waals surface area contributed by atoms with Crippen LogP contribution in [0.3, 0.4) is 0 Å². The Labute approximate surface area is 202 Å². The Bertz CT molecular complexity index is 1280. The molecule has 1 aliphatic carbocycles. The van der Waals surface area contributed by atoms with Crippen LogP contribution < -0.4 is 15.0 Å². The van der Waals surface area contributed by atoms with E-state index in [9.17, 15) is 10.1 Å². The fourth-order valence-corrected chi connectivity index (χ4v) is 5.59. The second kappa shape index (κ2) is 7.89. The molecule has 1 atom stereocenters. The summed E-state index contributed by atoms with van der Waals surface area (Å²) >= 11 is 6.13. The van der Waals surface area contributed by atoms with Crippen molar-refractivity contribution in [2.45, 2.75) is 31.3 Å². The number of rotatable bonds is 4. The third-order valence-corrected chi connectivity index (χ3v) is 6.97. The lowest BCUT2D eigenvalue weighted by Crippen LogP contribution is -2.61. The number of benzene rings is 3. The summed E-state index contributed by atoms with van der Waals surface area (Å²) < 4.78 is 0. The molecule has 0 radical (unpaired) electrons. The van der Waals surface area contributed by atoms with Crippen LogP contribution >= 0.6 is 12.2 Å². The molecule has 1 unspecified atom stereocenters. The normalized spacial score (nSPS) is 21.9. The third-order valence-electron chi connectivity index (χ3n) is 6.62. The molecule has 2 fully saturated rings. The van der Waals surface area contributed by atoms with Crippen molar-refractivity contribution in [1.82, 2.24) is 5.12 Å². The van der Waals surface area contributed by atoms with Crippen molar-refractivity contribution >= 4 is 45.8 Å². The van der Waals surface area contributed by atoms with Gasteiger partial charge in [-0.1, -0.05) is 41.5 Å². The van der Waals surface area contributed by atoms with Crippen LogP contribution in [-0.2, 0) is 0 Å². The fourth-order valence-electron chi connectivity index (χ4n) is 5.15. The van der Waals surface area contributed by atoms with E-state index < -0.39 is 5.66 Å². The van der Waals surface area contributed by atoms with Gasteiger partial charge < -0.3 is 0 Å². The molecule has 9 heteroatoms. The van der Waals surface area contributed by atoms with Crippen LogP contribution in [0.2, 0.25) is 0 Å². The van der Waals surface area contributed by atoms with Gasteiger partial charge in [-0.25, -0.2) is 5.01 Å². The van der Waals surface area contributed by atoms with Crippen LogP contribution in [0, 0.1) is 10.1 Å². The average Bonchev–Trinajstić information content (AvgIpc) is 3.33. The van der Waals surface area contributed by atoms with Gasteiger partial charge in [-0.15, -0.1) is 0 Å². The summed E-state index contributed by atoms with van der Waals surface area (Å²) in [6, 6.07) is 26.7. The Balaban J connectivity index is 1.56. The van der Waals surface area contributed by atoms with Gasteiger partial charge >= 0.3 is 0 Å². The van der Waals surface area contributed by atoms with Gasteiger partial charge in [-0.3, -0.25) is 15.0 Å². The van der Waals surface area contributed by atoms with E-state index in [0.29, 0.717) is 5.11 Å². The first kappa shape index (κ1) is 20.8. The lowest BCUT2D eigenvalue weighted by atomic mass is 9.86. The van der Waals surface area contributed by atoms with Crippen molar-refractivity contribution < 1.29 is 4.92 Å². The summed E-state index contributed by atoms with van der Waals surface area (Å²) in [7, 11) is 0. The number of nitro benzene ring substituents is 1. The maximum atomic E-state index is 11.3. The molecule has 1 saturated heterocycles. The highest BCUT2D eigenvalue weighted by Gasteiger charge is 2.64. The highest BCUT2D eigenvalue weighted by Crippen LogP contribution is 2.50. The summed E-state index contributed by atoms with van der Waals surface area (Å²) in [5, 5.41) is 23.1. The predicted octanol–water partition coefficient (Wildman–Crippen LogP) is 5.48. The summed E-state index contributed by atoms with van der Waals surface area (Å²) in [5.41, 5.74) is 3.16. The summed E-state index contributed by atoms with van der Waals surface area (Å²) in [5.74, 6) is 0. The summed E-state index contributed by atoms with van der Waals surface area (Å²) in [6.07, 6.45) is 3.76. The number of hydrazone groups is 1. The van der Waals surface area contributed by atoms with Crippen LogP contribution in [0.5, 0.6) is 0 Å². The molecule has 0 aromatic heterocycles. The molecule has 3 aromatic rings. The molecule has 8 nitrogen and oxygen atoms in total. The minimum absolute atomic E-state index is 0.0537. The Hall–Kier alpha value is -3.82. The van der Waals surface area contributed by atoms with E-state index in [2.05, 4.69) is 10.0 Å². The molecule has 34 heavy (non-hydrogen) atoms. The van der Waals surface area contributed by atoms with Gasteiger partial charge in [0.25, 0.3) is 5.69 Å². The van der Waals surface area contributed by atoms with Crippen molar-refractivity contribution in [3.63, 3.8) is 0 Å². The highest BCUT2D eigenvalue weighted by atomic mass is 32.1. The standard InChI is InChI=1S/C25H22N6O2S/c32-30(33)22-16-14-19(15-17-22)27-24(34)28(20-9-3-1-4-10-20)31-25(27)18-8-7-13-23(25)26-29(31)21-11-5-2-6-12-21/h1-6,9-12,14-17H,7-8,13,18H2. The van der Waals surface area contributed by atoms with Gasteiger partial charge in [0.2, 0.25) is 0 Å². The zero-order chi connectivity index (χ0) is 23.3. The molecular formula is C25H22N6O2S. The fraction of sp³-hybridized carbons (Fsp3) is 0.200. The average molecular weight is 471 g/mol. The van der Waals surface area contributed by atoms with Crippen LogP contribution in [0.4, 0.5) is 22.7 Å². The van der Waals surface area contributed by atoms with Crippen LogP contribution in [0.25, 0.3) is 0 Å². The van der Waals surface area contributed by atoms with Crippen molar-refractivity contribution in [2.75, 3.05) is 15.0 Å². The first-order valence-corrected chi connectivity index (χ1v) is 11.7. The Morgan fingerprint density at radius 1 is 0.853 bits per heavy atom. The molecule has 6 rings (SSSR count). The quantitative estimate of drug-likeness (QED) is 0.284. The SMILES string of the molecule is O=[N+]([O-])c1ccc(N2C(=S)N(c3ccccc3)N3N(c4ccccc4)N=C4CCCCC423)cc1. The second-order valence-corrected chi connectivity index (χ2v) is 8.89. The van der Waals surface area contributed by atoms with Gasteiger partial charge in [0.05, 0.1) is 22.0 Å². The molecule has 1 spiro atoms. The topological polar surface area (TPSA) is 68.5 Å². The molecular weight excluding hydrogens is 448 g/mol. The smallest absolute Gasteiger partial charge is 0.269 e. The summed E-state index contributed by atoms with van der Waals surface area (Å²) in [4.78, 5) is 13.0. The minimum Gasteiger partial charge on any atom is -0.289 e. The van der Waals surface area contributed by atoms with E-state index in [4.69, 9.17) is 17.3 Å². The second-order valence-electron chi connectivity index (χ2n) is 8.52.